The van der Waals surface area contributed by atoms with Crippen molar-refractivity contribution in [2.24, 2.45) is 0 Å². The maximum absolute atomic E-state index is 13.1. The first-order valence-corrected chi connectivity index (χ1v) is 12.8. The van der Waals surface area contributed by atoms with E-state index in [1.807, 2.05) is 60.9 Å². The van der Waals surface area contributed by atoms with Crippen LogP contribution in [-0.4, -0.2) is 25.9 Å². The number of rotatable bonds is 4. The summed E-state index contributed by atoms with van der Waals surface area (Å²) in [6, 6.07) is 11.4. The SMILES string of the molecule is Cc1cc(C=C2SC(=S)N(c3ccccc3)C2=O)c(C)n1-c1sc2c(c1C(=O)O)CCCC2. The lowest BCUT2D eigenvalue weighted by Crippen LogP contribution is -2.27. The van der Waals surface area contributed by atoms with Gasteiger partial charge in [-0.25, -0.2) is 4.79 Å². The van der Waals surface area contributed by atoms with E-state index in [0.29, 0.717) is 14.8 Å². The number of carboxylic acid groups (broad SMARTS) is 1. The first-order valence-electron chi connectivity index (χ1n) is 10.8. The van der Waals surface area contributed by atoms with Gasteiger partial charge in [-0.05, 0) is 74.9 Å². The number of thiocarbonyl (C=S) groups is 1. The Bertz CT molecular complexity index is 1330. The van der Waals surface area contributed by atoms with Crippen molar-refractivity contribution in [1.29, 1.82) is 0 Å². The van der Waals surface area contributed by atoms with Gasteiger partial charge < -0.3 is 9.67 Å². The Morgan fingerprint density at radius 1 is 1.15 bits per heavy atom. The van der Waals surface area contributed by atoms with Gasteiger partial charge in [0.25, 0.3) is 5.91 Å². The highest BCUT2D eigenvalue weighted by molar-refractivity contribution is 8.27. The summed E-state index contributed by atoms with van der Waals surface area (Å²) in [4.78, 5) is 28.6. The number of hydrogen-bond acceptors (Lipinski definition) is 5. The topological polar surface area (TPSA) is 62.5 Å². The molecule has 0 saturated carbocycles. The molecule has 3 aromatic rings. The molecular formula is C25H22N2O3S3. The highest BCUT2D eigenvalue weighted by atomic mass is 32.2. The van der Waals surface area contributed by atoms with Crippen LogP contribution in [0, 0.1) is 13.8 Å². The van der Waals surface area contributed by atoms with Crippen LogP contribution < -0.4 is 4.90 Å². The third-order valence-corrected chi connectivity index (χ3v) is 8.71. The maximum Gasteiger partial charge on any atom is 0.339 e. The maximum atomic E-state index is 13.1. The van der Waals surface area contributed by atoms with Gasteiger partial charge in [0, 0.05) is 16.3 Å². The van der Waals surface area contributed by atoms with Crippen LogP contribution in [-0.2, 0) is 17.6 Å². The monoisotopic (exact) mass is 494 g/mol. The Morgan fingerprint density at radius 2 is 1.88 bits per heavy atom. The summed E-state index contributed by atoms with van der Waals surface area (Å²) in [5.41, 5.74) is 4.93. The van der Waals surface area contributed by atoms with E-state index in [4.69, 9.17) is 12.2 Å². The number of amides is 1. The van der Waals surface area contributed by atoms with Crippen LogP contribution in [0.5, 0.6) is 0 Å². The average molecular weight is 495 g/mol. The number of benzene rings is 1. The molecule has 0 radical (unpaired) electrons. The van der Waals surface area contributed by atoms with E-state index < -0.39 is 5.97 Å². The molecule has 1 aliphatic heterocycles. The van der Waals surface area contributed by atoms with E-state index in [1.54, 1.807) is 16.2 Å². The first kappa shape index (κ1) is 22.1. The Kier molecular flexibility index (Phi) is 5.76. The Morgan fingerprint density at radius 3 is 2.61 bits per heavy atom. The molecule has 1 amide bonds. The second kappa shape index (κ2) is 8.59. The van der Waals surface area contributed by atoms with Gasteiger partial charge in [0.2, 0.25) is 0 Å². The van der Waals surface area contributed by atoms with Gasteiger partial charge in [0.15, 0.2) is 4.32 Å². The number of fused-ring (bicyclic) bond motifs is 1. The zero-order valence-electron chi connectivity index (χ0n) is 18.3. The summed E-state index contributed by atoms with van der Waals surface area (Å²) < 4.78 is 2.53. The van der Waals surface area contributed by atoms with Gasteiger partial charge in [0.1, 0.15) is 5.00 Å². The Balaban J connectivity index is 1.56. The van der Waals surface area contributed by atoms with Crippen molar-refractivity contribution >= 4 is 63.3 Å². The van der Waals surface area contributed by atoms with Crippen LogP contribution in [0.1, 0.15) is 50.6 Å². The van der Waals surface area contributed by atoms with Gasteiger partial charge in [0.05, 0.1) is 16.2 Å². The Hall–Kier alpha value is -2.68. The number of anilines is 1. The average Bonchev–Trinajstić information content (AvgIpc) is 3.39. The van der Waals surface area contributed by atoms with Crippen LogP contribution in [0.3, 0.4) is 0 Å². The highest BCUT2D eigenvalue weighted by Crippen LogP contribution is 2.40. The molecule has 3 heterocycles. The molecule has 1 saturated heterocycles. The summed E-state index contributed by atoms with van der Waals surface area (Å²) in [5.74, 6) is -1.01. The fourth-order valence-corrected chi connectivity index (χ4v) is 7.37. The number of aromatic nitrogens is 1. The van der Waals surface area contributed by atoms with Crippen molar-refractivity contribution in [1.82, 2.24) is 4.57 Å². The van der Waals surface area contributed by atoms with Gasteiger partial charge in [-0.15, -0.1) is 11.3 Å². The predicted molar refractivity (Wildman–Crippen MR) is 139 cm³/mol. The molecule has 8 heteroatoms. The van der Waals surface area contributed by atoms with Crippen molar-refractivity contribution in [2.75, 3.05) is 4.90 Å². The number of thioether (sulfide) groups is 1. The molecule has 0 unspecified atom stereocenters. The first-order chi connectivity index (χ1) is 15.9. The van der Waals surface area contributed by atoms with E-state index in [0.717, 1.165) is 58.9 Å². The van der Waals surface area contributed by atoms with Crippen LogP contribution in [0.15, 0.2) is 41.3 Å². The molecule has 1 fully saturated rings. The minimum absolute atomic E-state index is 0.140. The zero-order chi connectivity index (χ0) is 23.3. The second-order valence-corrected chi connectivity index (χ2v) is 11.0. The largest absolute Gasteiger partial charge is 0.478 e. The van der Waals surface area contributed by atoms with Crippen molar-refractivity contribution in [3.8, 4) is 5.00 Å². The van der Waals surface area contributed by atoms with E-state index in [2.05, 4.69) is 0 Å². The van der Waals surface area contributed by atoms with E-state index >= 15 is 0 Å². The minimum Gasteiger partial charge on any atom is -0.478 e. The van der Waals surface area contributed by atoms with Gasteiger partial charge >= 0.3 is 5.97 Å². The lowest BCUT2D eigenvalue weighted by Gasteiger charge is -2.13. The minimum atomic E-state index is -0.873. The lowest BCUT2D eigenvalue weighted by atomic mass is 9.95. The molecule has 5 rings (SSSR count). The summed E-state index contributed by atoms with van der Waals surface area (Å²) in [5, 5.41) is 10.8. The molecule has 0 spiro atoms. The molecule has 2 aromatic heterocycles. The molecule has 1 N–H and O–H groups in total. The van der Waals surface area contributed by atoms with Gasteiger partial charge in [-0.2, -0.15) is 0 Å². The molecule has 5 nitrogen and oxygen atoms in total. The van der Waals surface area contributed by atoms with Crippen molar-refractivity contribution in [3.05, 3.63) is 74.3 Å². The second-order valence-electron chi connectivity index (χ2n) is 8.21. The highest BCUT2D eigenvalue weighted by Gasteiger charge is 2.34. The number of carboxylic acids is 1. The number of aromatic carboxylic acids is 1. The van der Waals surface area contributed by atoms with Crippen molar-refractivity contribution in [3.63, 3.8) is 0 Å². The number of carbonyl (C=O) groups is 2. The van der Waals surface area contributed by atoms with Gasteiger partial charge in [-0.3, -0.25) is 9.69 Å². The van der Waals surface area contributed by atoms with Crippen LogP contribution in [0.4, 0.5) is 5.69 Å². The third-order valence-electron chi connectivity index (χ3n) is 6.13. The summed E-state index contributed by atoms with van der Waals surface area (Å²) in [6.07, 6.45) is 5.76. The number of thiophene rings is 1. The normalized spacial score (nSPS) is 17.2. The quantitative estimate of drug-likeness (QED) is 0.349. The molecule has 0 atom stereocenters. The molecule has 2 aliphatic rings. The molecule has 1 aliphatic carbocycles. The third kappa shape index (κ3) is 3.76. The molecule has 1 aromatic carbocycles. The van der Waals surface area contributed by atoms with Crippen molar-refractivity contribution in [2.45, 2.75) is 39.5 Å². The number of para-hydroxylation sites is 1. The predicted octanol–water partition coefficient (Wildman–Crippen LogP) is 6.14. The fraction of sp³-hybridized carbons (Fsp3) is 0.240. The molecular weight excluding hydrogens is 472 g/mol. The summed E-state index contributed by atoms with van der Waals surface area (Å²) in [6.45, 7) is 3.95. The van der Waals surface area contributed by atoms with Gasteiger partial charge in [-0.1, -0.05) is 42.2 Å². The van der Waals surface area contributed by atoms with E-state index in [9.17, 15) is 14.7 Å². The molecule has 33 heavy (non-hydrogen) atoms. The number of hydrogen-bond donors (Lipinski definition) is 1. The number of aryl methyl sites for hydroxylation is 2. The standard InChI is InChI=1S/C25H22N2O3S3/c1-14-12-16(13-20-22(28)27(25(31)33-20)17-8-4-3-5-9-17)15(2)26(14)23-21(24(29)30)18-10-6-7-11-19(18)32-23/h3-5,8-9,12-13H,6-7,10-11H2,1-2H3,(H,29,30). The fourth-order valence-electron chi connectivity index (χ4n) is 4.58. The zero-order valence-corrected chi connectivity index (χ0v) is 20.7. The smallest absolute Gasteiger partial charge is 0.339 e. The summed E-state index contributed by atoms with van der Waals surface area (Å²) >= 11 is 8.36. The lowest BCUT2D eigenvalue weighted by molar-refractivity contribution is -0.113. The van der Waals surface area contributed by atoms with Crippen LogP contribution >= 0.6 is 35.3 Å². The van der Waals surface area contributed by atoms with E-state index in [1.165, 1.54) is 16.6 Å². The summed E-state index contributed by atoms with van der Waals surface area (Å²) in [7, 11) is 0. The number of nitrogens with zero attached hydrogens (tertiary/aromatic N) is 2. The van der Waals surface area contributed by atoms with Crippen LogP contribution in [0.2, 0.25) is 0 Å². The Labute approximate surface area is 205 Å². The van der Waals surface area contributed by atoms with E-state index in [-0.39, 0.29) is 5.91 Å². The molecule has 0 bridgehead atoms. The molecule has 168 valence electrons. The van der Waals surface area contributed by atoms with Crippen molar-refractivity contribution < 1.29 is 14.7 Å². The van der Waals surface area contributed by atoms with Crippen LogP contribution in [0.25, 0.3) is 11.1 Å². The number of carbonyl (C=O) groups excluding carboxylic acids is 1.